The van der Waals surface area contributed by atoms with Gasteiger partial charge in [0, 0.05) is 5.69 Å². The van der Waals surface area contributed by atoms with E-state index in [0.29, 0.717) is 17.5 Å². The van der Waals surface area contributed by atoms with Gasteiger partial charge in [-0.15, -0.1) is 0 Å². The lowest BCUT2D eigenvalue weighted by atomic mass is 10.2. The summed E-state index contributed by atoms with van der Waals surface area (Å²) >= 11 is 0. The van der Waals surface area contributed by atoms with E-state index in [9.17, 15) is 4.79 Å². The topological polar surface area (TPSA) is 39.2 Å². The van der Waals surface area contributed by atoms with Crippen molar-refractivity contribution in [2.45, 2.75) is 32.3 Å². The second kappa shape index (κ2) is 3.78. The molecule has 3 nitrogen and oxygen atoms in total. The Bertz CT molecular complexity index is 345. The van der Waals surface area contributed by atoms with Crippen LogP contribution in [0, 0.1) is 0 Å². The lowest BCUT2D eigenvalue weighted by Crippen LogP contribution is -2.02. The molecule has 1 aromatic rings. The van der Waals surface area contributed by atoms with Crippen LogP contribution in [0.15, 0.2) is 12.1 Å². The summed E-state index contributed by atoms with van der Waals surface area (Å²) in [4.78, 5) is 15.0. The SMILES string of the molecule is CCc1ccc(OC2CC2)c(C=O)n1. The van der Waals surface area contributed by atoms with E-state index in [1.807, 2.05) is 19.1 Å². The third kappa shape index (κ3) is 1.92. The largest absolute Gasteiger partial charge is 0.488 e. The van der Waals surface area contributed by atoms with Gasteiger partial charge in [-0.25, -0.2) is 4.98 Å². The molecule has 0 atom stereocenters. The number of ether oxygens (including phenoxy) is 1. The summed E-state index contributed by atoms with van der Waals surface area (Å²) < 4.78 is 5.55. The van der Waals surface area contributed by atoms with Crippen LogP contribution in [0.1, 0.15) is 35.9 Å². The second-order valence-electron chi connectivity index (χ2n) is 3.47. The minimum Gasteiger partial charge on any atom is -0.488 e. The molecule has 0 radical (unpaired) electrons. The average molecular weight is 191 g/mol. The zero-order valence-corrected chi connectivity index (χ0v) is 8.19. The summed E-state index contributed by atoms with van der Waals surface area (Å²) in [7, 11) is 0. The number of hydrogen-bond donors (Lipinski definition) is 0. The van der Waals surface area contributed by atoms with Crippen molar-refractivity contribution in [3.05, 3.63) is 23.5 Å². The van der Waals surface area contributed by atoms with Crippen molar-refractivity contribution >= 4 is 6.29 Å². The smallest absolute Gasteiger partial charge is 0.172 e. The van der Waals surface area contributed by atoms with Crippen LogP contribution in [-0.4, -0.2) is 17.4 Å². The van der Waals surface area contributed by atoms with E-state index >= 15 is 0 Å². The Morgan fingerprint density at radius 1 is 1.57 bits per heavy atom. The fraction of sp³-hybridized carbons (Fsp3) is 0.455. The fourth-order valence-corrected chi connectivity index (χ4v) is 1.25. The van der Waals surface area contributed by atoms with Crippen molar-refractivity contribution < 1.29 is 9.53 Å². The predicted molar refractivity (Wildman–Crippen MR) is 52.7 cm³/mol. The van der Waals surface area contributed by atoms with Crippen molar-refractivity contribution in [1.29, 1.82) is 0 Å². The lowest BCUT2D eigenvalue weighted by Gasteiger charge is -2.07. The molecule has 0 unspecified atom stereocenters. The summed E-state index contributed by atoms with van der Waals surface area (Å²) in [6.45, 7) is 2.01. The highest BCUT2D eigenvalue weighted by atomic mass is 16.5. The maximum atomic E-state index is 10.8. The van der Waals surface area contributed by atoms with Gasteiger partial charge in [-0.3, -0.25) is 4.79 Å². The third-order valence-corrected chi connectivity index (χ3v) is 2.24. The molecule has 2 rings (SSSR count). The average Bonchev–Trinajstić information content (AvgIpc) is 3.02. The van der Waals surface area contributed by atoms with Crippen LogP contribution in [0.25, 0.3) is 0 Å². The van der Waals surface area contributed by atoms with Crippen LogP contribution >= 0.6 is 0 Å². The molecule has 1 aliphatic rings. The van der Waals surface area contributed by atoms with E-state index < -0.39 is 0 Å². The molecule has 0 amide bonds. The number of pyridine rings is 1. The molecule has 0 aliphatic heterocycles. The molecule has 0 saturated heterocycles. The molecule has 1 heterocycles. The van der Waals surface area contributed by atoms with Gasteiger partial charge in [-0.05, 0) is 31.4 Å². The maximum Gasteiger partial charge on any atom is 0.172 e. The molecule has 1 saturated carbocycles. The molecular formula is C11H13NO2. The quantitative estimate of drug-likeness (QED) is 0.683. The highest BCUT2D eigenvalue weighted by Gasteiger charge is 2.24. The first-order valence-electron chi connectivity index (χ1n) is 4.95. The first-order chi connectivity index (χ1) is 6.83. The fourth-order valence-electron chi connectivity index (χ4n) is 1.25. The molecule has 74 valence electrons. The van der Waals surface area contributed by atoms with E-state index in [0.717, 1.165) is 31.2 Å². The van der Waals surface area contributed by atoms with Crippen LogP contribution in [0.4, 0.5) is 0 Å². The summed E-state index contributed by atoms with van der Waals surface area (Å²) in [6, 6.07) is 3.75. The number of carbonyl (C=O) groups excluding carboxylic acids is 1. The van der Waals surface area contributed by atoms with Crippen LogP contribution < -0.4 is 4.74 Å². The van der Waals surface area contributed by atoms with Gasteiger partial charge < -0.3 is 4.74 Å². The van der Waals surface area contributed by atoms with Gasteiger partial charge in [0.2, 0.25) is 0 Å². The number of carbonyl (C=O) groups is 1. The molecule has 1 aromatic heterocycles. The van der Waals surface area contributed by atoms with Gasteiger partial charge in [0.15, 0.2) is 6.29 Å². The minimum absolute atomic E-state index is 0.308. The molecule has 0 spiro atoms. The van der Waals surface area contributed by atoms with Crippen molar-refractivity contribution in [1.82, 2.24) is 4.98 Å². The number of nitrogens with zero attached hydrogens (tertiary/aromatic N) is 1. The number of aryl methyl sites for hydroxylation is 1. The van der Waals surface area contributed by atoms with Crippen LogP contribution in [0.3, 0.4) is 0 Å². The molecular weight excluding hydrogens is 178 g/mol. The Hall–Kier alpha value is -1.38. The monoisotopic (exact) mass is 191 g/mol. The van der Waals surface area contributed by atoms with E-state index in [-0.39, 0.29) is 0 Å². The van der Waals surface area contributed by atoms with Gasteiger partial charge >= 0.3 is 0 Å². The normalized spacial score (nSPS) is 15.2. The first-order valence-corrected chi connectivity index (χ1v) is 4.95. The Morgan fingerprint density at radius 3 is 2.93 bits per heavy atom. The van der Waals surface area contributed by atoms with Gasteiger partial charge in [0.25, 0.3) is 0 Å². The molecule has 1 fully saturated rings. The second-order valence-corrected chi connectivity index (χ2v) is 3.47. The van der Waals surface area contributed by atoms with Crippen LogP contribution in [0.2, 0.25) is 0 Å². The third-order valence-electron chi connectivity index (χ3n) is 2.24. The van der Waals surface area contributed by atoms with E-state index in [4.69, 9.17) is 4.74 Å². The van der Waals surface area contributed by atoms with E-state index in [1.54, 1.807) is 0 Å². The standard InChI is InChI=1S/C11H13NO2/c1-2-8-3-6-11(10(7-13)12-8)14-9-4-5-9/h3,6-7,9H,2,4-5H2,1H3. The molecule has 3 heteroatoms. The molecule has 0 aromatic carbocycles. The summed E-state index contributed by atoms with van der Waals surface area (Å²) in [5.41, 5.74) is 1.35. The summed E-state index contributed by atoms with van der Waals surface area (Å²) in [5, 5.41) is 0. The van der Waals surface area contributed by atoms with Crippen molar-refractivity contribution in [3.63, 3.8) is 0 Å². The number of aromatic nitrogens is 1. The van der Waals surface area contributed by atoms with Gasteiger partial charge in [0.05, 0.1) is 6.10 Å². The Morgan fingerprint density at radius 2 is 2.36 bits per heavy atom. The first kappa shape index (κ1) is 9.19. The van der Waals surface area contributed by atoms with E-state index in [1.165, 1.54) is 0 Å². The van der Waals surface area contributed by atoms with Crippen molar-refractivity contribution in [2.75, 3.05) is 0 Å². The van der Waals surface area contributed by atoms with Gasteiger partial charge in [-0.2, -0.15) is 0 Å². The highest BCUT2D eigenvalue weighted by molar-refractivity contribution is 5.76. The molecule has 1 aliphatic carbocycles. The van der Waals surface area contributed by atoms with Crippen LogP contribution in [-0.2, 0) is 6.42 Å². The molecule has 0 N–H and O–H groups in total. The Balaban J connectivity index is 2.23. The minimum atomic E-state index is 0.308. The summed E-state index contributed by atoms with van der Waals surface area (Å²) in [5.74, 6) is 0.625. The zero-order chi connectivity index (χ0) is 9.97. The molecule has 14 heavy (non-hydrogen) atoms. The van der Waals surface area contributed by atoms with Crippen LogP contribution in [0.5, 0.6) is 5.75 Å². The highest BCUT2D eigenvalue weighted by Crippen LogP contribution is 2.27. The number of hydrogen-bond acceptors (Lipinski definition) is 3. The van der Waals surface area contributed by atoms with Crippen molar-refractivity contribution in [2.24, 2.45) is 0 Å². The van der Waals surface area contributed by atoms with Gasteiger partial charge in [0.1, 0.15) is 11.4 Å². The zero-order valence-electron chi connectivity index (χ0n) is 8.19. The van der Waals surface area contributed by atoms with Gasteiger partial charge in [-0.1, -0.05) is 6.92 Å². The number of aldehydes is 1. The van der Waals surface area contributed by atoms with Crippen molar-refractivity contribution in [3.8, 4) is 5.75 Å². The lowest BCUT2D eigenvalue weighted by molar-refractivity contribution is 0.111. The number of rotatable bonds is 4. The van der Waals surface area contributed by atoms with E-state index in [2.05, 4.69) is 4.98 Å². The Kier molecular flexibility index (Phi) is 2.48. The Labute approximate surface area is 83.1 Å². The predicted octanol–water partition coefficient (Wildman–Crippen LogP) is 2.00. The summed E-state index contributed by atoms with van der Waals surface area (Å²) in [6.07, 6.45) is 4.09. The maximum absolute atomic E-state index is 10.8. The molecule has 0 bridgehead atoms.